The van der Waals surface area contributed by atoms with Gasteiger partial charge >= 0.3 is 0 Å². The van der Waals surface area contributed by atoms with Crippen LogP contribution in [0.2, 0.25) is 0 Å². The minimum absolute atomic E-state index is 0.964. The van der Waals surface area contributed by atoms with Crippen LogP contribution in [0.4, 0.5) is 0 Å². The normalized spacial score (nSPS) is 13.2. The third kappa shape index (κ3) is 5.12. The molecule has 0 unspecified atom stereocenters. The highest BCUT2D eigenvalue weighted by molar-refractivity contribution is 7.18. The van der Waals surface area contributed by atoms with E-state index in [1.807, 2.05) is 11.3 Å². The Morgan fingerprint density at radius 2 is 0.800 bits per heavy atom. The molecule has 0 spiro atoms. The number of thiophene rings is 1. The quantitative estimate of drug-likeness (QED) is 0.156. The molecule has 1 heterocycles. The fourth-order valence-corrected chi connectivity index (χ4v) is 10.4. The Bertz CT molecular complexity index is 3120. The summed E-state index contributed by atoms with van der Waals surface area (Å²) in [7, 11) is 0. The van der Waals surface area contributed by atoms with Crippen LogP contribution < -0.4 is 0 Å². The van der Waals surface area contributed by atoms with Crippen LogP contribution in [0.5, 0.6) is 0 Å². The molecule has 258 valence electrons. The van der Waals surface area contributed by atoms with Crippen molar-refractivity contribution in [1.82, 2.24) is 0 Å². The summed E-state index contributed by atoms with van der Waals surface area (Å²) in [4.78, 5) is 0. The summed E-state index contributed by atoms with van der Waals surface area (Å²) >= 11 is 1.88. The van der Waals surface area contributed by atoms with E-state index in [-0.39, 0.29) is 0 Å². The van der Waals surface area contributed by atoms with E-state index in [0.717, 1.165) is 12.8 Å². The lowest BCUT2D eigenvalue weighted by molar-refractivity contribution is 1.08. The SMILES string of the molecule is C1=C(c2c3ccccc3c(-c3cccc4ccccc34)c3ccccc23)CCC(c2c(-c3ccccc3)c3scc(-c4ccccc4)c3c3ccccc23)=C1. The first-order valence-electron chi connectivity index (χ1n) is 19.2. The van der Waals surface area contributed by atoms with E-state index in [4.69, 9.17) is 0 Å². The molecule has 55 heavy (non-hydrogen) atoms. The molecule has 0 N–H and O–H groups in total. The van der Waals surface area contributed by atoms with E-state index in [2.05, 4.69) is 193 Å². The maximum Gasteiger partial charge on any atom is 0.0440 e. The first kappa shape index (κ1) is 31.9. The average molecular weight is 717 g/mol. The molecule has 11 rings (SSSR count). The lowest BCUT2D eigenvalue weighted by Crippen LogP contribution is -2.00. The number of hydrogen-bond acceptors (Lipinski definition) is 1. The zero-order valence-corrected chi connectivity index (χ0v) is 31.1. The van der Waals surface area contributed by atoms with Gasteiger partial charge in [-0.25, -0.2) is 0 Å². The van der Waals surface area contributed by atoms with Crippen molar-refractivity contribution < 1.29 is 0 Å². The highest BCUT2D eigenvalue weighted by atomic mass is 32.1. The first-order chi connectivity index (χ1) is 27.3. The van der Waals surface area contributed by atoms with Crippen molar-refractivity contribution in [2.24, 2.45) is 0 Å². The largest absolute Gasteiger partial charge is 0.142 e. The van der Waals surface area contributed by atoms with E-state index in [1.165, 1.54) is 109 Å². The minimum atomic E-state index is 0.964. The second-order valence-corrected chi connectivity index (χ2v) is 15.5. The van der Waals surface area contributed by atoms with Gasteiger partial charge in [-0.05, 0) is 106 Å². The number of fused-ring (bicyclic) bond motifs is 6. The van der Waals surface area contributed by atoms with Gasteiger partial charge in [0.1, 0.15) is 0 Å². The Morgan fingerprint density at radius 3 is 1.42 bits per heavy atom. The van der Waals surface area contributed by atoms with Gasteiger partial charge in [-0.15, -0.1) is 11.3 Å². The zero-order valence-electron chi connectivity index (χ0n) is 30.3. The molecule has 10 aromatic rings. The van der Waals surface area contributed by atoms with Crippen molar-refractivity contribution in [3.63, 3.8) is 0 Å². The molecule has 1 aromatic heterocycles. The molecule has 9 aromatic carbocycles. The predicted octanol–water partition coefficient (Wildman–Crippen LogP) is 15.8. The molecule has 0 aliphatic heterocycles. The van der Waals surface area contributed by atoms with Crippen LogP contribution in [0, 0.1) is 0 Å². The van der Waals surface area contributed by atoms with Gasteiger partial charge in [0, 0.05) is 21.2 Å². The second kappa shape index (κ2) is 13.1. The third-order valence-electron chi connectivity index (χ3n) is 11.7. The summed E-state index contributed by atoms with van der Waals surface area (Å²) in [6, 6.07) is 64.6. The average Bonchev–Trinajstić information content (AvgIpc) is 3.71. The Hall–Kier alpha value is -6.54. The molecular weight excluding hydrogens is 681 g/mol. The van der Waals surface area contributed by atoms with E-state index >= 15 is 0 Å². The molecule has 1 heteroatoms. The minimum Gasteiger partial charge on any atom is -0.142 e. The molecule has 0 amide bonds. The summed E-state index contributed by atoms with van der Waals surface area (Å²) in [6.45, 7) is 0. The van der Waals surface area contributed by atoms with Crippen molar-refractivity contribution >= 4 is 75.7 Å². The van der Waals surface area contributed by atoms with E-state index in [1.54, 1.807) is 0 Å². The predicted molar refractivity (Wildman–Crippen MR) is 240 cm³/mol. The Balaban J connectivity index is 1.15. The summed E-state index contributed by atoms with van der Waals surface area (Å²) in [5.74, 6) is 0. The number of rotatable bonds is 5. The molecule has 0 atom stereocenters. The molecule has 1 aliphatic carbocycles. The van der Waals surface area contributed by atoms with Gasteiger partial charge in [-0.1, -0.05) is 188 Å². The highest BCUT2D eigenvalue weighted by Gasteiger charge is 2.25. The summed E-state index contributed by atoms with van der Waals surface area (Å²) in [5.41, 5.74) is 13.3. The van der Waals surface area contributed by atoms with Crippen LogP contribution in [0.1, 0.15) is 24.0 Å². The van der Waals surface area contributed by atoms with Gasteiger partial charge in [-0.2, -0.15) is 0 Å². The number of allylic oxidation sites excluding steroid dienone is 4. The van der Waals surface area contributed by atoms with Crippen LogP contribution in [0.3, 0.4) is 0 Å². The number of hydrogen-bond donors (Lipinski definition) is 0. The molecule has 1 aliphatic rings. The van der Waals surface area contributed by atoms with Crippen molar-refractivity contribution in [2.75, 3.05) is 0 Å². The van der Waals surface area contributed by atoms with Gasteiger partial charge in [0.15, 0.2) is 0 Å². The maximum absolute atomic E-state index is 2.44. The first-order valence-corrected chi connectivity index (χ1v) is 20.1. The molecule has 0 bridgehead atoms. The molecule has 0 saturated carbocycles. The molecule has 0 saturated heterocycles. The van der Waals surface area contributed by atoms with Crippen LogP contribution in [-0.4, -0.2) is 0 Å². The third-order valence-corrected chi connectivity index (χ3v) is 12.7. The van der Waals surface area contributed by atoms with Crippen LogP contribution in [0.15, 0.2) is 193 Å². The van der Waals surface area contributed by atoms with Gasteiger partial charge in [0.2, 0.25) is 0 Å². The smallest absolute Gasteiger partial charge is 0.0440 e. The van der Waals surface area contributed by atoms with Gasteiger partial charge in [-0.3, -0.25) is 0 Å². The van der Waals surface area contributed by atoms with E-state index in [0.29, 0.717) is 0 Å². The fraction of sp³-hybridized carbons (Fsp3) is 0.0370. The van der Waals surface area contributed by atoms with Crippen molar-refractivity contribution in [1.29, 1.82) is 0 Å². The Morgan fingerprint density at radius 1 is 0.327 bits per heavy atom. The van der Waals surface area contributed by atoms with Gasteiger partial charge < -0.3 is 0 Å². The van der Waals surface area contributed by atoms with Crippen molar-refractivity contribution in [3.05, 3.63) is 205 Å². The Labute approximate surface area is 325 Å². The zero-order chi connectivity index (χ0) is 36.3. The molecular formula is C54H36S. The molecule has 0 fully saturated rings. The summed E-state index contributed by atoms with van der Waals surface area (Å²) in [5, 5.41) is 14.2. The van der Waals surface area contributed by atoms with Gasteiger partial charge in [0.25, 0.3) is 0 Å². The second-order valence-electron chi connectivity index (χ2n) is 14.6. The van der Waals surface area contributed by atoms with Crippen LogP contribution in [0.25, 0.3) is 97.7 Å². The Kier molecular flexibility index (Phi) is 7.60. The summed E-state index contributed by atoms with van der Waals surface area (Å²) < 4.78 is 1.36. The maximum atomic E-state index is 2.44. The topological polar surface area (TPSA) is 0 Å². The van der Waals surface area contributed by atoms with E-state index in [9.17, 15) is 0 Å². The standard InChI is InChI=1S/C54H36S/c1-3-16-36(17-4-1)48-34-55-54-51(37-19-5-2-6-20-37)50(44-25-11-14-28-47(44)53(48)54)39-32-30-38(31-33-39)49-42-23-9-12-26-45(42)52(46-27-13-10-24-43(46)49)41-29-15-21-35-18-7-8-22-40(35)41/h1-30,32,34H,31,33H2. The summed E-state index contributed by atoms with van der Waals surface area (Å²) in [6.07, 6.45) is 6.80. The van der Waals surface area contributed by atoms with Crippen molar-refractivity contribution in [2.45, 2.75) is 12.8 Å². The molecule has 0 radical (unpaired) electrons. The molecule has 0 nitrogen and oxygen atoms in total. The van der Waals surface area contributed by atoms with Crippen LogP contribution >= 0.6 is 11.3 Å². The van der Waals surface area contributed by atoms with E-state index < -0.39 is 0 Å². The number of benzene rings is 9. The fourth-order valence-electron chi connectivity index (χ4n) is 9.28. The highest BCUT2D eigenvalue weighted by Crippen LogP contribution is 2.51. The van der Waals surface area contributed by atoms with Crippen LogP contribution in [-0.2, 0) is 0 Å². The lowest BCUT2D eigenvalue weighted by atomic mass is 9.80. The van der Waals surface area contributed by atoms with Gasteiger partial charge in [0.05, 0.1) is 0 Å². The monoisotopic (exact) mass is 716 g/mol. The lowest BCUT2D eigenvalue weighted by Gasteiger charge is -2.24. The van der Waals surface area contributed by atoms with Crippen molar-refractivity contribution in [3.8, 4) is 33.4 Å².